The molecule has 0 unspecified atom stereocenters. The minimum atomic E-state index is 0.681. The zero-order chi connectivity index (χ0) is 15.2. The lowest BCUT2D eigenvalue weighted by Gasteiger charge is -2.33. The van der Waals surface area contributed by atoms with Crippen LogP contribution in [0.1, 0.15) is 32.3 Å². The molecule has 0 aromatic carbocycles. The van der Waals surface area contributed by atoms with Gasteiger partial charge < -0.3 is 15.0 Å². The van der Waals surface area contributed by atoms with E-state index in [1.54, 1.807) is 13.4 Å². The predicted octanol–water partition coefficient (Wildman–Crippen LogP) is 2.26. The van der Waals surface area contributed by atoms with Gasteiger partial charge in [-0.1, -0.05) is 13.8 Å². The van der Waals surface area contributed by atoms with Gasteiger partial charge >= 0.3 is 0 Å². The maximum absolute atomic E-state index is 5.29. The lowest BCUT2D eigenvalue weighted by atomic mass is 9.96. The number of aromatic nitrogens is 2. The molecule has 0 spiro atoms. The molecule has 1 aliphatic heterocycles. The molecule has 2 rings (SSSR count). The van der Waals surface area contributed by atoms with E-state index in [0.717, 1.165) is 49.4 Å². The highest BCUT2D eigenvalue weighted by molar-refractivity contribution is 5.50. The monoisotopic (exact) mass is 292 g/mol. The van der Waals surface area contributed by atoms with Crippen LogP contribution in [0.5, 0.6) is 5.88 Å². The first-order valence-electron chi connectivity index (χ1n) is 7.93. The molecule has 21 heavy (non-hydrogen) atoms. The zero-order valence-electron chi connectivity index (χ0n) is 13.7. The van der Waals surface area contributed by atoms with Crippen LogP contribution < -0.4 is 15.0 Å². The van der Waals surface area contributed by atoms with Crippen molar-refractivity contribution in [3.8, 4) is 5.88 Å². The van der Waals surface area contributed by atoms with Gasteiger partial charge in [-0.25, -0.2) is 9.97 Å². The van der Waals surface area contributed by atoms with Gasteiger partial charge in [0.1, 0.15) is 12.1 Å². The molecule has 0 amide bonds. The molecule has 1 aromatic rings. The second-order valence-electron chi connectivity index (χ2n) is 6.31. The van der Waals surface area contributed by atoms with Crippen molar-refractivity contribution in [1.29, 1.82) is 0 Å². The summed E-state index contributed by atoms with van der Waals surface area (Å²) in [6.45, 7) is 10.9. The van der Waals surface area contributed by atoms with E-state index >= 15 is 0 Å². The SMILES string of the molecule is COc1ncnc(N2CCC(CNCC(C)C)CC2)c1C. The third-order valence-electron chi connectivity index (χ3n) is 4.10. The minimum Gasteiger partial charge on any atom is -0.481 e. The average molecular weight is 292 g/mol. The number of nitrogens with one attached hydrogen (secondary N) is 1. The Kier molecular flexibility index (Phi) is 5.79. The standard InChI is InChI=1S/C16H28N4O/c1-12(2)9-17-10-14-5-7-20(8-6-14)15-13(3)16(21-4)19-11-18-15/h11-12,14,17H,5-10H2,1-4H3. The van der Waals surface area contributed by atoms with Gasteiger partial charge in [0.05, 0.1) is 12.7 Å². The van der Waals surface area contributed by atoms with Crippen LogP contribution in [0.4, 0.5) is 5.82 Å². The Morgan fingerprint density at radius 3 is 2.67 bits per heavy atom. The molecule has 0 atom stereocenters. The Labute approximate surface area is 128 Å². The van der Waals surface area contributed by atoms with Gasteiger partial charge in [-0.15, -0.1) is 0 Å². The fraction of sp³-hybridized carbons (Fsp3) is 0.750. The molecule has 1 aliphatic rings. The van der Waals surface area contributed by atoms with Gasteiger partial charge in [0.25, 0.3) is 0 Å². The van der Waals surface area contributed by atoms with E-state index in [1.165, 1.54) is 12.8 Å². The molecule has 1 fully saturated rings. The summed E-state index contributed by atoms with van der Waals surface area (Å²) in [4.78, 5) is 11.0. The molecule has 0 aliphatic carbocycles. The summed E-state index contributed by atoms with van der Waals surface area (Å²) in [6, 6.07) is 0. The van der Waals surface area contributed by atoms with Gasteiger partial charge in [-0.3, -0.25) is 0 Å². The van der Waals surface area contributed by atoms with Crippen molar-refractivity contribution < 1.29 is 4.74 Å². The van der Waals surface area contributed by atoms with E-state index in [9.17, 15) is 0 Å². The van der Waals surface area contributed by atoms with E-state index in [-0.39, 0.29) is 0 Å². The number of methoxy groups -OCH3 is 1. The molecule has 2 heterocycles. The molecule has 5 nitrogen and oxygen atoms in total. The molecular weight excluding hydrogens is 264 g/mol. The number of hydrogen-bond donors (Lipinski definition) is 1. The van der Waals surface area contributed by atoms with Gasteiger partial charge in [0.2, 0.25) is 5.88 Å². The molecule has 1 N–H and O–H groups in total. The average Bonchev–Trinajstić information content (AvgIpc) is 2.48. The summed E-state index contributed by atoms with van der Waals surface area (Å²) < 4.78 is 5.29. The first kappa shape index (κ1) is 16.0. The molecule has 118 valence electrons. The number of piperidine rings is 1. The summed E-state index contributed by atoms with van der Waals surface area (Å²) in [6.07, 6.45) is 4.03. The van der Waals surface area contributed by atoms with Crippen LogP contribution in [0, 0.1) is 18.8 Å². The molecule has 0 bridgehead atoms. The van der Waals surface area contributed by atoms with Gasteiger partial charge in [-0.05, 0) is 44.7 Å². The summed E-state index contributed by atoms with van der Waals surface area (Å²) in [7, 11) is 1.66. The summed E-state index contributed by atoms with van der Waals surface area (Å²) in [5.74, 6) is 3.21. The number of anilines is 1. The van der Waals surface area contributed by atoms with E-state index in [0.29, 0.717) is 5.88 Å². The zero-order valence-corrected chi connectivity index (χ0v) is 13.7. The minimum absolute atomic E-state index is 0.681. The Bertz CT molecular complexity index is 442. The Balaban J connectivity index is 1.86. The van der Waals surface area contributed by atoms with Crippen molar-refractivity contribution in [1.82, 2.24) is 15.3 Å². The number of rotatable bonds is 6. The summed E-state index contributed by atoms with van der Waals surface area (Å²) >= 11 is 0. The van der Waals surface area contributed by atoms with Gasteiger partial charge in [-0.2, -0.15) is 0 Å². The van der Waals surface area contributed by atoms with Crippen molar-refractivity contribution in [2.45, 2.75) is 33.6 Å². The second-order valence-corrected chi connectivity index (χ2v) is 6.31. The third kappa shape index (κ3) is 4.30. The molecule has 1 aromatic heterocycles. The normalized spacial score (nSPS) is 16.5. The highest BCUT2D eigenvalue weighted by Gasteiger charge is 2.22. The summed E-state index contributed by atoms with van der Waals surface area (Å²) in [5.41, 5.74) is 1.04. The lowest BCUT2D eigenvalue weighted by molar-refractivity contribution is 0.370. The number of ether oxygens (including phenoxy) is 1. The molecule has 0 radical (unpaired) electrons. The van der Waals surface area contributed by atoms with Crippen molar-refractivity contribution in [3.63, 3.8) is 0 Å². The predicted molar refractivity (Wildman–Crippen MR) is 86.0 cm³/mol. The van der Waals surface area contributed by atoms with Crippen LogP contribution in [0.2, 0.25) is 0 Å². The Morgan fingerprint density at radius 1 is 1.33 bits per heavy atom. The van der Waals surface area contributed by atoms with E-state index < -0.39 is 0 Å². The lowest BCUT2D eigenvalue weighted by Crippen LogP contribution is -2.38. The molecular formula is C16H28N4O. The Hall–Kier alpha value is -1.36. The van der Waals surface area contributed by atoms with Gasteiger partial charge in [0, 0.05) is 13.1 Å². The first-order valence-corrected chi connectivity index (χ1v) is 7.93. The van der Waals surface area contributed by atoms with Crippen LogP contribution in [-0.4, -0.2) is 43.3 Å². The summed E-state index contributed by atoms with van der Waals surface area (Å²) in [5, 5.41) is 3.57. The largest absolute Gasteiger partial charge is 0.481 e. The number of hydrogen-bond acceptors (Lipinski definition) is 5. The number of nitrogens with zero attached hydrogens (tertiary/aromatic N) is 3. The van der Waals surface area contributed by atoms with Crippen LogP contribution >= 0.6 is 0 Å². The quantitative estimate of drug-likeness (QED) is 0.871. The third-order valence-corrected chi connectivity index (χ3v) is 4.10. The van der Waals surface area contributed by atoms with Crippen LogP contribution in [0.25, 0.3) is 0 Å². The fourth-order valence-electron chi connectivity index (χ4n) is 2.87. The van der Waals surface area contributed by atoms with Crippen molar-refractivity contribution >= 4 is 5.82 Å². The fourth-order valence-corrected chi connectivity index (χ4v) is 2.87. The van der Waals surface area contributed by atoms with Crippen LogP contribution in [-0.2, 0) is 0 Å². The first-order chi connectivity index (χ1) is 10.1. The van der Waals surface area contributed by atoms with Gasteiger partial charge in [0.15, 0.2) is 0 Å². The second kappa shape index (κ2) is 7.59. The highest BCUT2D eigenvalue weighted by Crippen LogP contribution is 2.27. The maximum Gasteiger partial charge on any atom is 0.221 e. The molecule has 0 saturated carbocycles. The Morgan fingerprint density at radius 2 is 2.05 bits per heavy atom. The molecule has 5 heteroatoms. The molecule has 1 saturated heterocycles. The highest BCUT2D eigenvalue weighted by atomic mass is 16.5. The van der Waals surface area contributed by atoms with Crippen LogP contribution in [0.3, 0.4) is 0 Å². The smallest absolute Gasteiger partial charge is 0.221 e. The van der Waals surface area contributed by atoms with E-state index in [2.05, 4.69) is 34.0 Å². The maximum atomic E-state index is 5.29. The van der Waals surface area contributed by atoms with Crippen molar-refractivity contribution in [3.05, 3.63) is 11.9 Å². The van der Waals surface area contributed by atoms with E-state index in [4.69, 9.17) is 4.74 Å². The van der Waals surface area contributed by atoms with Crippen LogP contribution in [0.15, 0.2) is 6.33 Å². The van der Waals surface area contributed by atoms with Crippen molar-refractivity contribution in [2.75, 3.05) is 38.2 Å². The topological polar surface area (TPSA) is 50.3 Å². The van der Waals surface area contributed by atoms with E-state index in [1.807, 2.05) is 6.92 Å². The van der Waals surface area contributed by atoms with Crippen molar-refractivity contribution in [2.24, 2.45) is 11.8 Å².